The summed E-state index contributed by atoms with van der Waals surface area (Å²) in [5.74, 6) is 0.851. The van der Waals surface area contributed by atoms with Crippen LogP contribution in [0, 0.1) is 0 Å². The number of aromatic nitrogens is 3. The average Bonchev–Trinajstić information content (AvgIpc) is 3.46. The standard InChI is InChI=1S/C20H14N4O4S/c1-2-26-14-5-3-4-11-8-15(27-17(11)14)19-23-24-20(28-19)22-18(25)12-6-7-13-16(9-12)29-10-21-13/h3-10H,2H2,1H3,(H,22,24,25). The van der Waals surface area contributed by atoms with E-state index in [4.69, 9.17) is 13.6 Å². The molecule has 144 valence electrons. The first kappa shape index (κ1) is 17.4. The number of furan rings is 1. The molecule has 0 bridgehead atoms. The van der Waals surface area contributed by atoms with Gasteiger partial charge in [-0.25, -0.2) is 4.98 Å². The molecule has 1 amide bonds. The molecule has 5 aromatic rings. The Balaban J connectivity index is 1.39. The Hall–Kier alpha value is -3.72. The van der Waals surface area contributed by atoms with E-state index in [2.05, 4.69) is 20.5 Å². The third kappa shape index (κ3) is 3.21. The van der Waals surface area contributed by atoms with Crippen LogP contribution in [-0.2, 0) is 0 Å². The van der Waals surface area contributed by atoms with Crippen molar-refractivity contribution in [2.45, 2.75) is 6.92 Å². The number of hydrogen-bond acceptors (Lipinski definition) is 8. The maximum Gasteiger partial charge on any atom is 0.322 e. The number of carbonyl (C=O) groups excluding carboxylic acids is 1. The van der Waals surface area contributed by atoms with E-state index in [1.807, 2.05) is 25.1 Å². The zero-order valence-electron chi connectivity index (χ0n) is 15.2. The molecule has 0 aliphatic rings. The van der Waals surface area contributed by atoms with Crippen molar-refractivity contribution in [1.82, 2.24) is 15.2 Å². The van der Waals surface area contributed by atoms with Gasteiger partial charge in [-0.1, -0.05) is 17.2 Å². The highest BCUT2D eigenvalue weighted by atomic mass is 32.1. The van der Waals surface area contributed by atoms with Gasteiger partial charge in [0.25, 0.3) is 11.8 Å². The normalized spacial score (nSPS) is 11.2. The molecule has 0 radical (unpaired) electrons. The maximum absolute atomic E-state index is 12.5. The molecule has 5 rings (SSSR count). The number of ether oxygens (including phenoxy) is 1. The van der Waals surface area contributed by atoms with Gasteiger partial charge in [0.1, 0.15) is 0 Å². The molecule has 8 nitrogen and oxygen atoms in total. The SMILES string of the molecule is CCOc1cccc2cc(-c3nnc(NC(=O)c4ccc5ncsc5c4)o3)oc12. The smallest absolute Gasteiger partial charge is 0.322 e. The number of nitrogens with one attached hydrogen (secondary N) is 1. The highest BCUT2D eigenvalue weighted by molar-refractivity contribution is 7.16. The van der Waals surface area contributed by atoms with Gasteiger partial charge >= 0.3 is 6.01 Å². The Kier molecular flexibility index (Phi) is 4.21. The van der Waals surface area contributed by atoms with Gasteiger partial charge in [-0.15, -0.1) is 16.4 Å². The summed E-state index contributed by atoms with van der Waals surface area (Å²) in [5, 5.41) is 11.3. The van der Waals surface area contributed by atoms with Gasteiger partial charge in [0.2, 0.25) is 0 Å². The molecule has 1 N–H and O–H groups in total. The van der Waals surface area contributed by atoms with E-state index < -0.39 is 0 Å². The van der Waals surface area contributed by atoms with Crippen molar-refractivity contribution >= 4 is 44.4 Å². The highest BCUT2D eigenvalue weighted by Crippen LogP contribution is 2.33. The van der Waals surface area contributed by atoms with Crippen molar-refractivity contribution in [2.75, 3.05) is 11.9 Å². The van der Waals surface area contributed by atoms with Crippen molar-refractivity contribution < 1.29 is 18.4 Å². The van der Waals surface area contributed by atoms with Gasteiger partial charge in [-0.3, -0.25) is 10.1 Å². The summed E-state index contributed by atoms with van der Waals surface area (Å²) in [6.07, 6.45) is 0. The van der Waals surface area contributed by atoms with Crippen molar-refractivity contribution in [3.8, 4) is 17.4 Å². The summed E-state index contributed by atoms with van der Waals surface area (Å²) in [5.41, 5.74) is 3.67. The molecule has 0 atom stereocenters. The van der Waals surface area contributed by atoms with Crippen LogP contribution < -0.4 is 10.1 Å². The van der Waals surface area contributed by atoms with Crippen molar-refractivity contribution in [1.29, 1.82) is 0 Å². The Morgan fingerprint density at radius 2 is 2.10 bits per heavy atom. The van der Waals surface area contributed by atoms with E-state index >= 15 is 0 Å². The Morgan fingerprint density at radius 1 is 1.17 bits per heavy atom. The lowest BCUT2D eigenvalue weighted by atomic mass is 10.2. The summed E-state index contributed by atoms with van der Waals surface area (Å²) in [6, 6.07) is 12.7. The second kappa shape index (κ2) is 7.02. The van der Waals surface area contributed by atoms with Crippen LogP contribution in [0.3, 0.4) is 0 Å². The molecule has 29 heavy (non-hydrogen) atoms. The summed E-state index contributed by atoms with van der Waals surface area (Å²) < 4.78 is 17.9. The van der Waals surface area contributed by atoms with Crippen LogP contribution in [0.25, 0.3) is 32.8 Å². The topological polar surface area (TPSA) is 103 Å². The molecule has 9 heteroatoms. The summed E-state index contributed by atoms with van der Waals surface area (Å²) in [6.45, 7) is 2.43. The number of anilines is 1. The van der Waals surface area contributed by atoms with Crippen LogP contribution in [0.4, 0.5) is 6.01 Å². The lowest BCUT2D eigenvalue weighted by molar-refractivity contribution is 0.102. The minimum atomic E-state index is -0.348. The van der Waals surface area contributed by atoms with Gasteiger partial charge < -0.3 is 13.6 Å². The number of carbonyl (C=O) groups is 1. The van der Waals surface area contributed by atoms with E-state index in [1.54, 1.807) is 29.8 Å². The van der Waals surface area contributed by atoms with E-state index in [1.165, 1.54) is 11.3 Å². The zero-order chi connectivity index (χ0) is 19.8. The predicted octanol–water partition coefficient (Wildman–Crippen LogP) is 4.74. The Morgan fingerprint density at radius 3 is 3.00 bits per heavy atom. The first-order valence-electron chi connectivity index (χ1n) is 8.85. The Bertz CT molecular complexity index is 1340. The van der Waals surface area contributed by atoms with Crippen molar-refractivity contribution in [3.63, 3.8) is 0 Å². The van der Waals surface area contributed by atoms with Crippen LogP contribution >= 0.6 is 11.3 Å². The second-order valence-electron chi connectivity index (χ2n) is 6.12. The average molecular weight is 406 g/mol. The number of para-hydroxylation sites is 1. The number of hydrogen-bond donors (Lipinski definition) is 1. The van der Waals surface area contributed by atoms with Gasteiger partial charge in [0.15, 0.2) is 17.1 Å². The maximum atomic E-state index is 12.5. The third-order valence-corrected chi connectivity index (χ3v) is 5.05. The molecule has 0 unspecified atom stereocenters. The summed E-state index contributed by atoms with van der Waals surface area (Å²) in [4.78, 5) is 16.7. The lowest BCUT2D eigenvalue weighted by Gasteiger charge is -2.01. The largest absolute Gasteiger partial charge is 0.490 e. The third-order valence-electron chi connectivity index (χ3n) is 4.26. The van der Waals surface area contributed by atoms with Gasteiger partial charge in [-0.05, 0) is 37.3 Å². The van der Waals surface area contributed by atoms with E-state index in [0.29, 0.717) is 29.3 Å². The molecule has 0 saturated heterocycles. The van der Waals surface area contributed by atoms with E-state index in [-0.39, 0.29) is 17.8 Å². The predicted molar refractivity (Wildman–Crippen MR) is 108 cm³/mol. The lowest BCUT2D eigenvalue weighted by Crippen LogP contribution is -2.11. The first-order chi connectivity index (χ1) is 14.2. The van der Waals surface area contributed by atoms with Gasteiger partial charge in [0, 0.05) is 10.9 Å². The number of fused-ring (bicyclic) bond motifs is 2. The van der Waals surface area contributed by atoms with E-state index in [0.717, 1.165) is 15.6 Å². The molecule has 3 heterocycles. The van der Waals surface area contributed by atoms with Crippen molar-refractivity contribution in [3.05, 3.63) is 53.5 Å². The van der Waals surface area contributed by atoms with Crippen LogP contribution in [0.15, 0.2) is 56.8 Å². The van der Waals surface area contributed by atoms with Crippen LogP contribution in [0.2, 0.25) is 0 Å². The van der Waals surface area contributed by atoms with Gasteiger partial charge in [-0.2, -0.15) is 0 Å². The van der Waals surface area contributed by atoms with Crippen LogP contribution in [0.5, 0.6) is 5.75 Å². The molecule has 0 aliphatic carbocycles. The van der Waals surface area contributed by atoms with Crippen LogP contribution in [-0.4, -0.2) is 27.7 Å². The number of benzene rings is 2. The molecule has 0 fully saturated rings. The second-order valence-corrected chi connectivity index (χ2v) is 7.01. The molecule has 2 aromatic carbocycles. The monoisotopic (exact) mass is 406 g/mol. The number of amides is 1. The molecule has 0 saturated carbocycles. The number of thiazole rings is 1. The van der Waals surface area contributed by atoms with Crippen LogP contribution in [0.1, 0.15) is 17.3 Å². The number of rotatable bonds is 5. The molecule has 3 aromatic heterocycles. The molecule has 0 aliphatic heterocycles. The first-order valence-corrected chi connectivity index (χ1v) is 9.73. The summed E-state index contributed by atoms with van der Waals surface area (Å²) in [7, 11) is 0. The molecular weight excluding hydrogens is 392 g/mol. The quantitative estimate of drug-likeness (QED) is 0.449. The Labute approximate surface area is 168 Å². The van der Waals surface area contributed by atoms with Crippen molar-refractivity contribution in [2.24, 2.45) is 0 Å². The zero-order valence-corrected chi connectivity index (χ0v) is 16.0. The fourth-order valence-electron chi connectivity index (χ4n) is 2.95. The minimum absolute atomic E-state index is 0.0140. The van der Waals surface area contributed by atoms with E-state index in [9.17, 15) is 4.79 Å². The fraction of sp³-hybridized carbons (Fsp3) is 0.100. The highest BCUT2D eigenvalue weighted by Gasteiger charge is 2.17. The molecular formula is C20H14N4O4S. The van der Waals surface area contributed by atoms with Gasteiger partial charge in [0.05, 0.1) is 22.3 Å². The molecule has 0 spiro atoms. The number of nitrogens with zero attached hydrogens (tertiary/aromatic N) is 3. The summed E-state index contributed by atoms with van der Waals surface area (Å²) >= 11 is 1.47. The fourth-order valence-corrected chi connectivity index (χ4v) is 3.67. The minimum Gasteiger partial charge on any atom is -0.490 e.